The minimum Gasteiger partial charge on any atom is -0.406 e. The number of ether oxygens (including phenoxy) is 1. The third-order valence-corrected chi connectivity index (χ3v) is 3.27. The van der Waals surface area contributed by atoms with E-state index in [4.69, 9.17) is 0 Å². The predicted octanol–water partition coefficient (Wildman–Crippen LogP) is 2.44. The van der Waals surface area contributed by atoms with Crippen LogP contribution in [0.15, 0.2) is 24.3 Å². The average molecular weight is 295 g/mol. The molecule has 1 N–H and O–H groups in total. The number of hydrogen-bond donors (Lipinski definition) is 1. The Morgan fingerprint density at radius 1 is 1.32 bits per heavy atom. The van der Waals surface area contributed by atoms with Crippen LogP contribution in [0.25, 0.3) is 0 Å². The molecule has 1 aromatic rings. The van der Waals surface area contributed by atoms with Crippen molar-refractivity contribution in [3.05, 3.63) is 29.8 Å². The molecule has 0 aliphatic carbocycles. The highest BCUT2D eigenvalue weighted by Crippen LogP contribution is 2.22. The smallest absolute Gasteiger partial charge is 0.406 e. The van der Waals surface area contributed by atoms with Crippen molar-refractivity contribution < 1.29 is 22.1 Å². The van der Waals surface area contributed by atoms with Gasteiger partial charge in [-0.25, -0.2) is 0 Å². The Hall–Kier alpha value is -1.08. The molecule has 0 bridgehead atoms. The molecule has 2 atom stereocenters. The van der Waals surface area contributed by atoms with Gasteiger partial charge in [0.2, 0.25) is 0 Å². The minimum absolute atomic E-state index is 0.0805. The fourth-order valence-electron chi connectivity index (χ4n) is 1.51. The molecule has 0 spiro atoms. The molecule has 7 heteroatoms. The monoisotopic (exact) mass is 295 g/mol. The Morgan fingerprint density at radius 2 is 1.89 bits per heavy atom. The zero-order chi connectivity index (χ0) is 14.5. The summed E-state index contributed by atoms with van der Waals surface area (Å²) in [4.78, 5) is 0. The normalized spacial score (nSPS) is 15.0. The molecule has 0 saturated carbocycles. The van der Waals surface area contributed by atoms with E-state index < -0.39 is 17.2 Å². The van der Waals surface area contributed by atoms with Gasteiger partial charge in [0.05, 0.1) is 0 Å². The van der Waals surface area contributed by atoms with Crippen molar-refractivity contribution in [3.63, 3.8) is 0 Å². The van der Waals surface area contributed by atoms with Gasteiger partial charge in [-0.15, -0.1) is 13.2 Å². The maximum absolute atomic E-state index is 12.0. The number of halogens is 3. The zero-order valence-electron chi connectivity index (χ0n) is 10.7. The molecule has 0 saturated heterocycles. The Balaban J connectivity index is 2.46. The van der Waals surface area contributed by atoms with Crippen LogP contribution in [0.3, 0.4) is 0 Å². The molecule has 1 aromatic carbocycles. The lowest BCUT2D eigenvalue weighted by atomic mass is 10.2. The second-order valence-corrected chi connectivity index (χ2v) is 5.69. The van der Waals surface area contributed by atoms with Gasteiger partial charge >= 0.3 is 6.36 Å². The molecular formula is C12H16F3NO2S. The summed E-state index contributed by atoms with van der Waals surface area (Å²) in [6.07, 6.45) is -3.04. The van der Waals surface area contributed by atoms with Gasteiger partial charge in [0, 0.05) is 35.4 Å². The Labute approximate surface area is 112 Å². The molecule has 3 nitrogen and oxygen atoms in total. The third-order valence-electron chi connectivity index (χ3n) is 2.30. The van der Waals surface area contributed by atoms with E-state index in [0.717, 1.165) is 5.56 Å². The van der Waals surface area contributed by atoms with Gasteiger partial charge in [-0.1, -0.05) is 12.1 Å². The molecule has 0 fully saturated rings. The standard InChI is InChI=1S/C12H16F3NO2S/c1-9(8-19(2)17)16-7-10-3-5-11(6-4-10)18-12(13,14)15/h3-6,9,16H,7-8H2,1-2H3. The first-order chi connectivity index (χ1) is 8.76. The molecule has 2 unspecified atom stereocenters. The van der Waals surface area contributed by atoms with Gasteiger partial charge in [0.15, 0.2) is 0 Å². The second-order valence-electron chi connectivity index (χ2n) is 4.21. The van der Waals surface area contributed by atoms with Crippen LogP contribution in [-0.2, 0) is 17.3 Å². The van der Waals surface area contributed by atoms with Crippen LogP contribution in [0.2, 0.25) is 0 Å². The van der Waals surface area contributed by atoms with Crippen molar-refractivity contribution in [2.24, 2.45) is 0 Å². The van der Waals surface area contributed by atoms with Crippen LogP contribution in [0.1, 0.15) is 12.5 Å². The number of hydrogen-bond acceptors (Lipinski definition) is 3. The molecular weight excluding hydrogens is 279 g/mol. The van der Waals surface area contributed by atoms with Crippen molar-refractivity contribution in [3.8, 4) is 5.75 Å². The Morgan fingerprint density at radius 3 is 2.37 bits per heavy atom. The summed E-state index contributed by atoms with van der Waals surface area (Å²) in [5.74, 6) is 0.300. The van der Waals surface area contributed by atoms with Crippen LogP contribution >= 0.6 is 0 Å². The fraction of sp³-hybridized carbons (Fsp3) is 0.500. The molecule has 1 rings (SSSR count). The molecule has 0 aromatic heterocycles. The summed E-state index contributed by atoms with van der Waals surface area (Å²) >= 11 is 0. The van der Waals surface area contributed by atoms with Crippen LogP contribution in [-0.4, -0.2) is 28.6 Å². The zero-order valence-corrected chi connectivity index (χ0v) is 11.5. The SMILES string of the molecule is CC(CS(C)=O)NCc1ccc(OC(F)(F)F)cc1. The summed E-state index contributed by atoms with van der Waals surface area (Å²) in [5.41, 5.74) is 0.836. The molecule has 108 valence electrons. The molecule has 0 radical (unpaired) electrons. The third kappa shape index (κ3) is 7.17. The predicted molar refractivity (Wildman–Crippen MR) is 68.4 cm³/mol. The van der Waals surface area contributed by atoms with E-state index in [9.17, 15) is 17.4 Å². The van der Waals surface area contributed by atoms with E-state index in [0.29, 0.717) is 12.3 Å². The second kappa shape index (κ2) is 6.91. The van der Waals surface area contributed by atoms with Gasteiger partial charge in [-0.05, 0) is 24.6 Å². The van der Waals surface area contributed by atoms with E-state index in [1.54, 1.807) is 18.4 Å². The quantitative estimate of drug-likeness (QED) is 0.876. The summed E-state index contributed by atoms with van der Waals surface area (Å²) in [6, 6.07) is 5.74. The van der Waals surface area contributed by atoms with Crippen LogP contribution in [0, 0.1) is 0 Å². The lowest BCUT2D eigenvalue weighted by molar-refractivity contribution is -0.274. The first-order valence-electron chi connectivity index (χ1n) is 5.64. The van der Waals surface area contributed by atoms with Gasteiger partial charge < -0.3 is 10.1 Å². The number of benzene rings is 1. The number of rotatable bonds is 6. The lowest BCUT2D eigenvalue weighted by Gasteiger charge is -2.13. The van der Waals surface area contributed by atoms with Gasteiger partial charge in [-0.3, -0.25) is 4.21 Å². The molecule has 0 heterocycles. The van der Waals surface area contributed by atoms with Crippen molar-refractivity contribution >= 4 is 10.8 Å². The topological polar surface area (TPSA) is 38.3 Å². The average Bonchev–Trinajstić information content (AvgIpc) is 2.25. The summed E-state index contributed by atoms with van der Waals surface area (Å²) < 4.78 is 50.6. The Bertz CT molecular complexity index is 420. The lowest BCUT2D eigenvalue weighted by Crippen LogP contribution is -2.30. The van der Waals surface area contributed by atoms with Crippen LogP contribution in [0.4, 0.5) is 13.2 Å². The fourth-order valence-corrected chi connectivity index (χ4v) is 2.33. The van der Waals surface area contributed by atoms with Crippen molar-refractivity contribution in [2.75, 3.05) is 12.0 Å². The van der Waals surface area contributed by atoms with Crippen molar-refractivity contribution in [2.45, 2.75) is 25.9 Å². The van der Waals surface area contributed by atoms with E-state index >= 15 is 0 Å². The van der Waals surface area contributed by atoms with Gasteiger partial charge in [-0.2, -0.15) is 0 Å². The highest BCUT2D eigenvalue weighted by Gasteiger charge is 2.30. The first-order valence-corrected chi connectivity index (χ1v) is 7.37. The minimum atomic E-state index is -4.67. The maximum Gasteiger partial charge on any atom is 0.573 e. The largest absolute Gasteiger partial charge is 0.573 e. The number of alkyl halides is 3. The van der Waals surface area contributed by atoms with Crippen molar-refractivity contribution in [1.82, 2.24) is 5.32 Å². The highest BCUT2D eigenvalue weighted by atomic mass is 32.2. The Kier molecular flexibility index (Phi) is 5.81. The van der Waals surface area contributed by atoms with Crippen molar-refractivity contribution in [1.29, 1.82) is 0 Å². The van der Waals surface area contributed by atoms with E-state index in [1.807, 2.05) is 6.92 Å². The first kappa shape index (κ1) is 16.0. The van der Waals surface area contributed by atoms with E-state index in [1.165, 1.54) is 12.1 Å². The van der Waals surface area contributed by atoms with Crippen LogP contribution in [0.5, 0.6) is 5.75 Å². The highest BCUT2D eigenvalue weighted by molar-refractivity contribution is 7.84. The summed E-state index contributed by atoms with van der Waals surface area (Å²) in [5, 5.41) is 3.14. The van der Waals surface area contributed by atoms with E-state index in [-0.39, 0.29) is 11.8 Å². The molecule has 19 heavy (non-hydrogen) atoms. The van der Waals surface area contributed by atoms with Crippen LogP contribution < -0.4 is 10.1 Å². The van der Waals surface area contributed by atoms with Gasteiger partial charge in [0.1, 0.15) is 5.75 Å². The van der Waals surface area contributed by atoms with E-state index in [2.05, 4.69) is 10.1 Å². The number of nitrogens with one attached hydrogen (secondary N) is 1. The summed E-state index contributed by atoms with van der Waals surface area (Å²) in [7, 11) is -0.876. The van der Waals surface area contributed by atoms with Gasteiger partial charge in [0.25, 0.3) is 0 Å². The maximum atomic E-state index is 12.0. The summed E-state index contributed by atoms with van der Waals surface area (Å²) in [6.45, 7) is 2.41. The molecule has 0 aliphatic heterocycles. The molecule has 0 aliphatic rings. The molecule has 0 amide bonds.